The summed E-state index contributed by atoms with van der Waals surface area (Å²) < 4.78 is 4.94. The minimum atomic E-state index is 0.0730. The molecule has 0 amide bonds. The summed E-state index contributed by atoms with van der Waals surface area (Å²) >= 11 is 11.4. The number of halogens is 2. The van der Waals surface area contributed by atoms with Crippen molar-refractivity contribution >= 4 is 34.2 Å². The first-order valence-corrected chi connectivity index (χ1v) is 4.09. The van der Waals surface area contributed by atoms with Crippen LogP contribution in [0, 0.1) is 0 Å². The Kier molecular flexibility index (Phi) is 1.97. The van der Waals surface area contributed by atoms with Crippen molar-refractivity contribution in [2.45, 2.75) is 0 Å². The molecular weight excluding hydrogens is 215 g/mol. The summed E-state index contributed by atoms with van der Waals surface area (Å²) in [4.78, 5) is 7.64. The molecule has 0 aliphatic heterocycles. The minimum absolute atomic E-state index is 0.0730. The Labute approximate surface area is 83.0 Å². The average molecular weight is 219 g/mol. The number of hydrogen-bond donors (Lipinski definition) is 1. The van der Waals surface area contributed by atoms with Gasteiger partial charge in [0.2, 0.25) is 11.2 Å². The summed E-state index contributed by atoms with van der Waals surface area (Å²) in [5.41, 5.74) is 0.460. The maximum Gasteiger partial charge on any atom is 0.245 e. The molecule has 0 bridgehead atoms. The maximum absolute atomic E-state index is 5.81. The van der Waals surface area contributed by atoms with Crippen LogP contribution in [0.3, 0.4) is 0 Å². The highest BCUT2D eigenvalue weighted by Crippen LogP contribution is 2.27. The van der Waals surface area contributed by atoms with Crippen LogP contribution in [0.4, 0.5) is 0 Å². The number of aromatic amines is 1. The van der Waals surface area contributed by atoms with Gasteiger partial charge in [0.05, 0.1) is 7.11 Å². The number of fused-ring (bicyclic) bond motifs is 1. The van der Waals surface area contributed by atoms with E-state index in [1.54, 1.807) is 0 Å². The van der Waals surface area contributed by atoms with Gasteiger partial charge in [-0.15, -0.1) is 5.10 Å². The zero-order valence-corrected chi connectivity index (χ0v) is 8.02. The van der Waals surface area contributed by atoms with Crippen molar-refractivity contribution < 1.29 is 4.74 Å². The molecule has 0 unspecified atom stereocenters. The van der Waals surface area contributed by atoms with Crippen LogP contribution in [0.2, 0.25) is 10.4 Å². The van der Waals surface area contributed by atoms with Crippen LogP contribution in [-0.4, -0.2) is 27.3 Å². The largest absolute Gasteiger partial charge is 0.479 e. The third-order valence-electron chi connectivity index (χ3n) is 1.51. The van der Waals surface area contributed by atoms with Crippen molar-refractivity contribution in [3.05, 3.63) is 10.4 Å². The standard InChI is InChI=1S/C6H4Cl2N4O/c1-13-5-2-3(7)9-6(8)10-4(2)11-12-5/h1H3,(H,9,10,11,12). The van der Waals surface area contributed by atoms with E-state index in [0.717, 1.165) is 0 Å². The maximum atomic E-state index is 5.81. The van der Waals surface area contributed by atoms with Gasteiger partial charge in [-0.05, 0) is 11.6 Å². The average Bonchev–Trinajstić information content (AvgIpc) is 2.47. The molecule has 13 heavy (non-hydrogen) atoms. The normalized spacial score (nSPS) is 10.7. The second-order valence-corrected chi connectivity index (χ2v) is 2.94. The lowest BCUT2D eigenvalue weighted by atomic mass is 10.4. The van der Waals surface area contributed by atoms with Gasteiger partial charge in [-0.1, -0.05) is 11.6 Å². The van der Waals surface area contributed by atoms with E-state index in [0.29, 0.717) is 16.9 Å². The van der Waals surface area contributed by atoms with Crippen molar-refractivity contribution in [3.8, 4) is 5.88 Å². The van der Waals surface area contributed by atoms with Crippen LogP contribution < -0.4 is 4.74 Å². The molecule has 2 rings (SSSR count). The van der Waals surface area contributed by atoms with Crippen molar-refractivity contribution in [1.29, 1.82) is 0 Å². The van der Waals surface area contributed by atoms with Crippen LogP contribution in [-0.2, 0) is 0 Å². The molecule has 2 aromatic rings. The Hall–Kier alpha value is -1.07. The van der Waals surface area contributed by atoms with E-state index < -0.39 is 0 Å². The van der Waals surface area contributed by atoms with Gasteiger partial charge >= 0.3 is 0 Å². The first kappa shape index (κ1) is 8.52. The third-order valence-corrected chi connectivity index (χ3v) is 1.95. The molecule has 2 heterocycles. The van der Waals surface area contributed by atoms with Crippen LogP contribution in [0.1, 0.15) is 0 Å². The SMILES string of the molecule is COc1n[nH]c2nc(Cl)nc(Cl)c12. The molecule has 0 aliphatic carbocycles. The number of ether oxygens (including phenoxy) is 1. The third kappa shape index (κ3) is 1.30. The molecule has 0 saturated carbocycles. The van der Waals surface area contributed by atoms with E-state index in [-0.39, 0.29) is 10.4 Å². The van der Waals surface area contributed by atoms with E-state index in [1.165, 1.54) is 7.11 Å². The molecular formula is C6H4Cl2N4O. The van der Waals surface area contributed by atoms with Gasteiger partial charge in [-0.2, -0.15) is 4.98 Å². The summed E-state index contributed by atoms with van der Waals surface area (Å²) in [6, 6.07) is 0. The number of hydrogen-bond acceptors (Lipinski definition) is 4. The molecule has 0 aliphatic rings. The Bertz CT molecular complexity index is 455. The van der Waals surface area contributed by atoms with Crippen LogP contribution >= 0.6 is 23.2 Å². The first-order chi connectivity index (χ1) is 6.22. The number of nitrogens with zero attached hydrogens (tertiary/aromatic N) is 3. The lowest BCUT2D eigenvalue weighted by Gasteiger charge is -1.95. The Balaban J connectivity index is 2.82. The van der Waals surface area contributed by atoms with E-state index >= 15 is 0 Å². The highest BCUT2D eigenvalue weighted by molar-refractivity contribution is 6.36. The number of H-pyrrole nitrogens is 1. The molecule has 0 atom stereocenters. The molecule has 0 radical (unpaired) electrons. The van der Waals surface area contributed by atoms with Crippen molar-refractivity contribution in [2.75, 3.05) is 7.11 Å². The zero-order chi connectivity index (χ0) is 9.42. The number of aromatic nitrogens is 4. The predicted molar refractivity (Wildman–Crippen MR) is 48.3 cm³/mol. The van der Waals surface area contributed by atoms with Gasteiger partial charge in [-0.3, -0.25) is 5.10 Å². The molecule has 0 aromatic carbocycles. The van der Waals surface area contributed by atoms with Crippen molar-refractivity contribution in [1.82, 2.24) is 20.2 Å². The van der Waals surface area contributed by atoms with Crippen LogP contribution in [0.25, 0.3) is 11.0 Å². The topological polar surface area (TPSA) is 63.7 Å². The highest BCUT2D eigenvalue weighted by Gasteiger charge is 2.13. The van der Waals surface area contributed by atoms with Gasteiger partial charge in [-0.25, -0.2) is 4.98 Å². The monoisotopic (exact) mass is 218 g/mol. The fourth-order valence-electron chi connectivity index (χ4n) is 0.986. The Morgan fingerprint density at radius 2 is 2.08 bits per heavy atom. The summed E-state index contributed by atoms with van der Waals surface area (Å²) in [6.07, 6.45) is 0. The molecule has 0 spiro atoms. The lowest BCUT2D eigenvalue weighted by Crippen LogP contribution is -1.86. The second kappa shape index (κ2) is 3.01. The zero-order valence-electron chi connectivity index (χ0n) is 6.51. The summed E-state index contributed by atoms with van der Waals surface area (Å²) in [7, 11) is 1.49. The molecule has 1 N–H and O–H groups in total. The van der Waals surface area contributed by atoms with Gasteiger partial charge in [0.15, 0.2) is 5.65 Å². The fraction of sp³-hybridized carbons (Fsp3) is 0.167. The van der Waals surface area contributed by atoms with Gasteiger partial charge < -0.3 is 4.74 Å². The minimum Gasteiger partial charge on any atom is -0.479 e. The molecule has 68 valence electrons. The summed E-state index contributed by atoms with van der Waals surface area (Å²) in [5, 5.41) is 7.28. The number of nitrogens with one attached hydrogen (secondary N) is 1. The van der Waals surface area contributed by atoms with Crippen molar-refractivity contribution in [2.24, 2.45) is 0 Å². The first-order valence-electron chi connectivity index (χ1n) is 3.33. The molecule has 0 fully saturated rings. The molecule has 0 saturated heterocycles. The number of methoxy groups -OCH3 is 1. The van der Waals surface area contributed by atoms with E-state index in [1.807, 2.05) is 0 Å². The van der Waals surface area contributed by atoms with Crippen molar-refractivity contribution in [3.63, 3.8) is 0 Å². The predicted octanol–water partition coefficient (Wildman–Crippen LogP) is 1.67. The Morgan fingerprint density at radius 3 is 2.77 bits per heavy atom. The van der Waals surface area contributed by atoms with E-state index in [4.69, 9.17) is 27.9 Å². The number of rotatable bonds is 1. The highest BCUT2D eigenvalue weighted by atomic mass is 35.5. The molecule has 2 aromatic heterocycles. The Morgan fingerprint density at radius 1 is 1.31 bits per heavy atom. The van der Waals surface area contributed by atoms with Gasteiger partial charge in [0.1, 0.15) is 10.5 Å². The van der Waals surface area contributed by atoms with E-state index in [9.17, 15) is 0 Å². The van der Waals surface area contributed by atoms with Crippen LogP contribution in [0.15, 0.2) is 0 Å². The summed E-state index contributed by atoms with van der Waals surface area (Å²) in [5.74, 6) is 0.358. The molecule has 7 heteroatoms. The van der Waals surface area contributed by atoms with Gasteiger partial charge in [0.25, 0.3) is 0 Å². The molecule has 5 nitrogen and oxygen atoms in total. The summed E-state index contributed by atoms with van der Waals surface area (Å²) in [6.45, 7) is 0. The quantitative estimate of drug-likeness (QED) is 0.585. The van der Waals surface area contributed by atoms with Crippen LogP contribution in [0.5, 0.6) is 5.88 Å². The second-order valence-electron chi connectivity index (χ2n) is 2.24. The fourth-order valence-corrected chi connectivity index (χ4v) is 1.45. The van der Waals surface area contributed by atoms with Gasteiger partial charge in [0, 0.05) is 0 Å². The lowest BCUT2D eigenvalue weighted by molar-refractivity contribution is 0.401. The van der Waals surface area contributed by atoms with E-state index in [2.05, 4.69) is 20.2 Å². The smallest absolute Gasteiger partial charge is 0.245 e.